The van der Waals surface area contributed by atoms with Gasteiger partial charge in [0.15, 0.2) is 0 Å². The highest BCUT2D eigenvalue weighted by atomic mass is 16.5. The molecule has 2 heterocycles. The van der Waals surface area contributed by atoms with Crippen LogP contribution in [0.25, 0.3) is 0 Å². The highest BCUT2D eigenvalue weighted by Gasteiger charge is 2.36. The van der Waals surface area contributed by atoms with Crippen molar-refractivity contribution in [2.45, 2.75) is 37.4 Å². The minimum atomic E-state index is -0.397. The average molecular weight is 296 g/mol. The highest BCUT2D eigenvalue weighted by Crippen LogP contribution is 2.25. The molecule has 2 amide bonds. The summed E-state index contributed by atoms with van der Waals surface area (Å²) in [5.74, 6) is -0.114. The van der Waals surface area contributed by atoms with E-state index in [9.17, 15) is 9.59 Å². The molecule has 2 aliphatic rings. The molecular formula is C15H24N2O4. The van der Waals surface area contributed by atoms with Crippen molar-refractivity contribution in [1.29, 1.82) is 0 Å². The van der Waals surface area contributed by atoms with Crippen molar-refractivity contribution in [3.63, 3.8) is 0 Å². The van der Waals surface area contributed by atoms with Gasteiger partial charge in [0.25, 0.3) is 0 Å². The minimum absolute atomic E-state index is 0.0527. The van der Waals surface area contributed by atoms with Gasteiger partial charge in [0, 0.05) is 33.4 Å². The Morgan fingerprint density at radius 2 is 2.19 bits per heavy atom. The number of piperidine rings is 1. The molecule has 0 bridgehead atoms. The topological polar surface area (TPSA) is 67.9 Å². The lowest BCUT2D eigenvalue weighted by Gasteiger charge is -2.40. The third-order valence-electron chi connectivity index (χ3n) is 4.40. The molecule has 0 saturated carbocycles. The highest BCUT2D eigenvalue weighted by molar-refractivity contribution is 5.87. The SMILES string of the molecule is C=CC(=O)N1CCC(CNC(=O)[C@H]2CCCO2)(OC)CC1. The van der Waals surface area contributed by atoms with Crippen LogP contribution in [0.1, 0.15) is 25.7 Å². The lowest BCUT2D eigenvalue weighted by molar-refractivity contribution is -0.136. The van der Waals surface area contributed by atoms with Gasteiger partial charge in [0.1, 0.15) is 6.10 Å². The molecule has 0 aliphatic carbocycles. The summed E-state index contributed by atoms with van der Waals surface area (Å²) in [6.07, 6.45) is 4.14. The van der Waals surface area contributed by atoms with Gasteiger partial charge in [0.05, 0.1) is 5.60 Å². The number of rotatable bonds is 5. The summed E-state index contributed by atoms with van der Waals surface area (Å²) in [6.45, 7) is 5.86. The first-order chi connectivity index (χ1) is 10.1. The predicted molar refractivity (Wildman–Crippen MR) is 77.7 cm³/mol. The van der Waals surface area contributed by atoms with Crippen molar-refractivity contribution in [2.24, 2.45) is 0 Å². The second-order valence-electron chi connectivity index (χ2n) is 5.64. The number of carbonyl (C=O) groups is 2. The Hall–Kier alpha value is -1.40. The number of nitrogens with one attached hydrogen (secondary N) is 1. The van der Waals surface area contributed by atoms with Gasteiger partial charge < -0.3 is 19.7 Å². The van der Waals surface area contributed by atoms with Crippen LogP contribution in [0.5, 0.6) is 0 Å². The summed E-state index contributed by atoms with van der Waals surface area (Å²) >= 11 is 0. The third kappa shape index (κ3) is 3.83. The fourth-order valence-electron chi connectivity index (χ4n) is 2.86. The number of likely N-dealkylation sites (tertiary alicyclic amines) is 1. The zero-order chi connectivity index (χ0) is 15.3. The molecular weight excluding hydrogens is 272 g/mol. The van der Waals surface area contributed by atoms with E-state index in [2.05, 4.69) is 11.9 Å². The molecule has 2 rings (SSSR count). The van der Waals surface area contributed by atoms with Crippen molar-refractivity contribution in [2.75, 3.05) is 33.4 Å². The van der Waals surface area contributed by atoms with Gasteiger partial charge in [-0.05, 0) is 31.8 Å². The van der Waals surface area contributed by atoms with E-state index in [1.807, 2.05) is 0 Å². The van der Waals surface area contributed by atoms with Crippen LogP contribution in [-0.4, -0.2) is 61.8 Å². The van der Waals surface area contributed by atoms with Crippen molar-refractivity contribution in [3.8, 4) is 0 Å². The molecule has 1 atom stereocenters. The van der Waals surface area contributed by atoms with Gasteiger partial charge in [-0.15, -0.1) is 0 Å². The van der Waals surface area contributed by atoms with Crippen LogP contribution in [0.3, 0.4) is 0 Å². The molecule has 2 saturated heterocycles. The normalized spacial score (nSPS) is 24.6. The van der Waals surface area contributed by atoms with E-state index in [-0.39, 0.29) is 17.9 Å². The van der Waals surface area contributed by atoms with Crippen LogP contribution in [0.4, 0.5) is 0 Å². The second-order valence-corrected chi connectivity index (χ2v) is 5.64. The molecule has 2 fully saturated rings. The number of nitrogens with zero attached hydrogens (tertiary/aromatic N) is 1. The summed E-state index contributed by atoms with van der Waals surface area (Å²) in [5.41, 5.74) is -0.397. The number of methoxy groups -OCH3 is 1. The van der Waals surface area contributed by atoms with E-state index in [4.69, 9.17) is 9.47 Å². The van der Waals surface area contributed by atoms with Crippen LogP contribution in [-0.2, 0) is 19.1 Å². The van der Waals surface area contributed by atoms with Gasteiger partial charge in [-0.25, -0.2) is 0 Å². The Kier molecular flexibility index (Phi) is 5.36. The van der Waals surface area contributed by atoms with Gasteiger partial charge in [-0.1, -0.05) is 6.58 Å². The van der Waals surface area contributed by atoms with Crippen molar-refractivity contribution < 1.29 is 19.1 Å². The van der Waals surface area contributed by atoms with E-state index in [1.165, 1.54) is 6.08 Å². The Morgan fingerprint density at radius 3 is 2.71 bits per heavy atom. The van der Waals surface area contributed by atoms with E-state index >= 15 is 0 Å². The fraction of sp³-hybridized carbons (Fsp3) is 0.733. The van der Waals surface area contributed by atoms with Crippen molar-refractivity contribution in [3.05, 3.63) is 12.7 Å². The molecule has 1 N–H and O–H groups in total. The largest absolute Gasteiger partial charge is 0.376 e. The molecule has 0 aromatic heterocycles. The maximum atomic E-state index is 12.0. The van der Waals surface area contributed by atoms with Crippen LogP contribution in [0.15, 0.2) is 12.7 Å². The Labute approximate surface area is 125 Å². The molecule has 0 radical (unpaired) electrons. The van der Waals surface area contributed by atoms with E-state index < -0.39 is 5.60 Å². The standard InChI is InChI=1S/C15H24N2O4/c1-3-13(18)17-8-6-15(20-2,7-9-17)11-16-14(19)12-5-4-10-21-12/h3,12H,1,4-11H2,2H3,(H,16,19)/t12-/m1/s1. The summed E-state index contributed by atoms with van der Waals surface area (Å²) < 4.78 is 11.0. The number of amides is 2. The second kappa shape index (κ2) is 7.04. The number of hydrogen-bond acceptors (Lipinski definition) is 4. The Balaban J connectivity index is 1.83. The maximum absolute atomic E-state index is 12.0. The number of ether oxygens (including phenoxy) is 2. The first-order valence-electron chi connectivity index (χ1n) is 7.46. The zero-order valence-corrected chi connectivity index (χ0v) is 12.6. The molecule has 0 unspecified atom stereocenters. The predicted octanol–water partition coefficient (Wildman–Crippen LogP) is 0.475. The van der Waals surface area contributed by atoms with Crippen LogP contribution in [0, 0.1) is 0 Å². The van der Waals surface area contributed by atoms with E-state index in [1.54, 1.807) is 12.0 Å². The minimum Gasteiger partial charge on any atom is -0.376 e. The zero-order valence-electron chi connectivity index (χ0n) is 12.6. The van der Waals surface area contributed by atoms with E-state index in [0.29, 0.717) is 39.1 Å². The smallest absolute Gasteiger partial charge is 0.249 e. The van der Waals surface area contributed by atoms with Gasteiger partial charge in [-0.2, -0.15) is 0 Å². The number of hydrogen-bond donors (Lipinski definition) is 1. The lowest BCUT2D eigenvalue weighted by Crippen LogP contribution is -2.53. The lowest BCUT2D eigenvalue weighted by atomic mass is 9.90. The summed E-state index contributed by atoms with van der Waals surface area (Å²) in [4.78, 5) is 25.3. The molecule has 6 nitrogen and oxygen atoms in total. The summed E-state index contributed by atoms with van der Waals surface area (Å²) in [7, 11) is 1.66. The Bertz CT molecular complexity index is 396. The average Bonchev–Trinajstić information content (AvgIpc) is 3.07. The monoisotopic (exact) mass is 296 g/mol. The molecule has 6 heteroatoms. The van der Waals surface area contributed by atoms with Crippen LogP contribution in [0.2, 0.25) is 0 Å². The van der Waals surface area contributed by atoms with Crippen molar-refractivity contribution >= 4 is 11.8 Å². The van der Waals surface area contributed by atoms with Gasteiger partial charge in [-0.3, -0.25) is 9.59 Å². The maximum Gasteiger partial charge on any atom is 0.249 e. The molecule has 21 heavy (non-hydrogen) atoms. The molecule has 0 spiro atoms. The summed E-state index contributed by atoms with van der Waals surface area (Å²) in [5, 5.41) is 2.93. The van der Waals surface area contributed by atoms with E-state index in [0.717, 1.165) is 12.8 Å². The van der Waals surface area contributed by atoms with Crippen LogP contribution >= 0.6 is 0 Å². The number of carbonyl (C=O) groups excluding carboxylic acids is 2. The summed E-state index contributed by atoms with van der Waals surface area (Å²) in [6, 6.07) is 0. The molecule has 118 valence electrons. The first-order valence-corrected chi connectivity index (χ1v) is 7.46. The van der Waals surface area contributed by atoms with Crippen molar-refractivity contribution in [1.82, 2.24) is 10.2 Å². The van der Waals surface area contributed by atoms with Gasteiger partial charge in [0.2, 0.25) is 11.8 Å². The molecule has 0 aromatic carbocycles. The third-order valence-corrected chi connectivity index (χ3v) is 4.40. The first kappa shape index (κ1) is 16.0. The molecule has 0 aromatic rings. The quantitative estimate of drug-likeness (QED) is 0.749. The van der Waals surface area contributed by atoms with Gasteiger partial charge >= 0.3 is 0 Å². The Morgan fingerprint density at radius 1 is 1.48 bits per heavy atom. The molecule has 2 aliphatic heterocycles. The van der Waals surface area contributed by atoms with Crippen LogP contribution < -0.4 is 5.32 Å². The fourth-order valence-corrected chi connectivity index (χ4v) is 2.86.